The molecule has 0 aromatic rings. The zero-order chi connectivity index (χ0) is 13.3. The Morgan fingerprint density at radius 1 is 1.24 bits per heavy atom. The summed E-state index contributed by atoms with van der Waals surface area (Å²) in [6.07, 6.45) is 3.50. The van der Waals surface area contributed by atoms with Crippen LogP contribution in [0.1, 0.15) is 53.4 Å². The van der Waals surface area contributed by atoms with E-state index in [1.807, 2.05) is 13.8 Å². The lowest BCUT2D eigenvalue weighted by molar-refractivity contribution is -0.123. The fourth-order valence-corrected chi connectivity index (χ4v) is 1.68. The SMILES string of the molecule is CCCC(C)NC(=O)C(C)NCCCC(C)O. The molecule has 3 N–H and O–H groups in total. The summed E-state index contributed by atoms with van der Waals surface area (Å²) in [6.45, 7) is 8.56. The van der Waals surface area contributed by atoms with E-state index in [4.69, 9.17) is 5.11 Å². The predicted molar refractivity (Wildman–Crippen MR) is 70.9 cm³/mol. The molecule has 0 aliphatic heterocycles. The van der Waals surface area contributed by atoms with E-state index in [0.29, 0.717) is 0 Å². The standard InChI is InChI=1S/C13H28N2O2/c1-5-7-10(2)15-13(17)12(4)14-9-6-8-11(3)16/h10-12,14,16H,5-9H2,1-4H3,(H,15,17). The van der Waals surface area contributed by atoms with Gasteiger partial charge in [-0.25, -0.2) is 0 Å². The third kappa shape index (κ3) is 9.12. The number of amides is 1. The van der Waals surface area contributed by atoms with E-state index in [2.05, 4.69) is 17.6 Å². The van der Waals surface area contributed by atoms with E-state index >= 15 is 0 Å². The summed E-state index contributed by atoms with van der Waals surface area (Å²) in [5.41, 5.74) is 0. The number of carbonyl (C=O) groups is 1. The summed E-state index contributed by atoms with van der Waals surface area (Å²) in [7, 11) is 0. The third-order valence-corrected chi connectivity index (χ3v) is 2.75. The summed E-state index contributed by atoms with van der Waals surface area (Å²) >= 11 is 0. The van der Waals surface area contributed by atoms with Crippen molar-refractivity contribution in [1.29, 1.82) is 0 Å². The number of aliphatic hydroxyl groups excluding tert-OH is 1. The highest BCUT2D eigenvalue weighted by Crippen LogP contribution is 1.97. The van der Waals surface area contributed by atoms with E-state index < -0.39 is 0 Å². The van der Waals surface area contributed by atoms with Gasteiger partial charge in [-0.1, -0.05) is 13.3 Å². The van der Waals surface area contributed by atoms with Crippen LogP contribution in [0.25, 0.3) is 0 Å². The van der Waals surface area contributed by atoms with Gasteiger partial charge in [-0.2, -0.15) is 0 Å². The molecule has 3 atom stereocenters. The van der Waals surface area contributed by atoms with Gasteiger partial charge in [0.05, 0.1) is 12.1 Å². The van der Waals surface area contributed by atoms with Crippen LogP contribution >= 0.6 is 0 Å². The van der Waals surface area contributed by atoms with Crippen molar-refractivity contribution >= 4 is 5.91 Å². The van der Waals surface area contributed by atoms with Crippen molar-refractivity contribution in [2.45, 2.75) is 71.6 Å². The molecule has 0 aliphatic rings. The normalized spacial score (nSPS) is 16.3. The molecule has 4 heteroatoms. The molecule has 0 saturated carbocycles. The zero-order valence-electron chi connectivity index (χ0n) is 11.6. The predicted octanol–water partition coefficient (Wildman–Crippen LogP) is 1.43. The van der Waals surface area contributed by atoms with Crippen LogP contribution < -0.4 is 10.6 Å². The Labute approximate surface area is 105 Å². The lowest BCUT2D eigenvalue weighted by Crippen LogP contribution is -2.45. The Morgan fingerprint density at radius 2 is 1.88 bits per heavy atom. The number of hydrogen-bond acceptors (Lipinski definition) is 3. The van der Waals surface area contributed by atoms with Gasteiger partial charge in [0.2, 0.25) is 5.91 Å². The van der Waals surface area contributed by atoms with Gasteiger partial charge in [-0.05, 0) is 46.6 Å². The van der Waals surface area contributed by atoms with Crippen LogP contribution in [0.2, 0.25) is 0 Å². The van der Waals surface area contributed by atoms with Gasteiger partial charge in [0.15, 0.2) is 0 Å². The second-order valence-corrected chi connectivity index (χ2v) is 4.87. The highest BCUT2D eigenvalue weighted by atomic mass is 16.3. The number of nitrogens with one attached hydrogen (secondary N) is 2. The summed E-state index contributed by atoms with van der Waals surface area (Å²) in [4.78, 5) is 11.7. The molecular formula is C13H28N2O2. The number of hydrogen-bond donors (Lipinski definition) is 3. The fourth-order valence-electron chi connectivity index (χ4n) is 1.68. The van der Waals surface area contributed by atoms with Crippen LogP contribution in [0.15, 0.2) is 0 Å². The van der Waals surface area contributed by atoms with Crippen LogP contribution in [-0.2, 0) is 4.79 Å². The number of aliphatic hydroxyl groups is 1. The van der Waals surface area contributed by atoms with Gasteiger partial charge in [0.1, 0.15) is 0 Å². The van der Waals surface area contributed by atoms with Gasteiger partial charge in [0.25, 0.3) is 0 Å². The maximum absolute atomic E-state index is 11.7. The molecule has 4 nitrogen and oxygen atoms in total. The first-order valence-electron chi connectivity index (χ1n) is 6.69. The minimum absolute atomic E-state index is 0.0583. The Morgan fingerprint density at radius 3 is 2.41 bits per heavy atom. The zero-order valence-corrected chi connectivity index (χ0v) is 11.6. The monoisotopic (exact) mass is 244 g/mol. The molecule has 1 amide bonds. The molecule has 0 spiro atoms. The summed E-state index contributed by atoms with van der Waals surface area (Å²) in [5.74, 6) is 0.0583. The third-order valence-electron chi connectivity index (χ3n) is 2.75. The minimum atomic E-state index is -0.259. The molecule has 17 heavy (non-hydrogen) atoms. The molecule has 0 aromatic carbocycles. The molecule has 0 bridgehead atoms. The molecule has 0 aromatic heterocycles. The smallest absolute Gasteiger partial charge is 0.237 e. The van der Waals surface area contributed by atoms with Crippen LogP contribution in [-0.4, -0.2) is 35.7 Å². The quantitative estimate of drug-likeness (QED) is 0.538. The van der Waals surface area contributed by atoms with E-state index in [9.17, 15) is 4.79 Å². The maximum atomic E-state index is 11.7. The van der Waals surface area contributed by atoms with E-state index in [1.54, 1.807) is 6.92 Å². The number of rotatable bonds is 9. The molecular weight excluding hydrogens is 216 g/mol. The lowest BCUT2D eigenvalue weighted by atomic mass is 10.2. The summed E-state index contributed by atoms with van der Waals surface area (Å²) in [6, 6.07) is 0.0810. The first-order valence-corrected chi connectivity index (χ1v) is 6.69. The van der Waals surface area contributed by atoms with Crippen LogP contribution in [0.4, 0.5) is 0 Å². The van der Waals surface area contributed by atoms with Gasteiger partial charge in [0, 0.05) is 6.04 Å². The topological polar surface area (TPSA) is 61.4 Å². The molecule has 0 saturated heterocycles. The van der Waals surface area contributed by atoms with Crippen LogP contribution in [0.5, 0.6) is 0 Å². The van der Waals surface area contributed by atoms with Crippen molar-refractivity contribution in [1.82, 2.24) is 10.6 Å². The molecule has 3 unspecified atom stereocenters. The highest BCUT2D eigenvalue weighted by Gasteiger charge is 2.13. The van der Waals surface area contributed by atoms with Crippen molar-refractivity contribution in [2.75, 3.05) is 6.54 Å². The van der Waals surface area contributed by atoms with Crippen molar-refractivity contribution < 1.29 is 9.90 Å². The largest absolute Gasteiger partial charge is 0.393 e. The van der Waals surface area contributed by atoms with Crippen LogP contribution in [0, 0.1) is 0 Å². The van der Waals surface area contributed by atoms with Crippen molar-refractivity contribution in [2.24, 2.45) is 0 Å². The first-order chi connectivity index (χ1) is 7.97. The van der Waals surface area contributed by atoms with Crippen molar-refractivity contribution in [3.05, 3.63) is 0 Å². The molecule has 0 radical (unpaired) electrons. The van der Waals surface area contributed by atoms with Crippen molar-refractivity contribution in [3.63, 3.8) is 0 Å². The average molecular weight is 244 g/mol. The fraction of sp³-hybridized carbons (Fsp3) is 0.923. The highest BCUT2D eigenvalue weighted by molar-refractivity contribution is 5.81. The molecule has 0 rings (SSSR count). The van der Waals surface area contributed by atoms with Gasteiger partial charge < -0.3 is 15.7 Å². The minimum Gasteiger partial charge on any atom is -0.393 e. The van der Waals surface area contributed by atoms with E-state index in [0.717, 1.165) is 32.2 Å². The summed E-state index contributed by atoms with van der Waals surface area (Å²) in [5, 5.41) is 15.2. The van der Waals surface area contributed by atoms with Gasteiger partial charge in [-0.15, -0.1) is 0 Å². The van der Waals surface area contributed by atoms with Gasteiger partial charge >= 0.3 is 0 Å². The molecule has 0 fully saturated rings. The second kappa shape index (κ2) is 9.42. The lowest BCUT2D eigenvalue weighted by Gasteiger charge is -2.18. The summed E-state index contributed by atoms with van der Waals surface area (Å²) < 4.78 is 0. The Hall–Kier alpha value is -0.610. The second-order valence-electron chi connectivity index (χ2n) is 4.87. The molecule has 102 valence electrons. The molecule has 0 heterocycles. The van der Waals surface area contributed by atoms with E-state index in [-0.39, 0.29) is 24.1 Å². The first kappa shape index (κ1) is 16.4. The number of carbonyl (C=O) groups excluding carboxylic acids is 1. The Balaban J connectivity index is 3.67. The molecule has 0 aliphatic carbocycles. The average Bonchev–Trinajstić information content (AvgIpc) is 2.23. The Kier molecular flexibility index (Phi) is 9.09. The van der Waals surface area contributed by atoms with E-state index in [1.165, 1.54) is 0 Å². The van der Waals surface area contributed by atoms with Crippen molar-refractivity contribution in [3.8, 4) is 0 Å². The van der Waals surface area contributed by atoms with Gasteiger partial charge in [-0.3, -0.25) is 4.79 Å². The Bertz CT molecular complexity index is 208. The van der Waals surface area contributed by atoms with Crippen LogP contribution in [0.3, 0.4) is 0 Å². The maximum Gasteiger partial charge on any atom is 0.237 e.